The molecule has 0 spiro atoms. The normalized spacial score (nSPS) is 10.5. The van der Waals surface area contributed by atoms with E-state index in [9.17, 15) is 4.79 Å². The summed E-state index contributed by atoms with van der Waals surface area (Å²) in [7, 11) is 0. The zero-order valence-corrected chi connectivity index (χ0v) is 45.8. The second-order valence-electron chi connectivity index (χ2n) is 18.4. The van der Waals surface area contributed by atoms with Gasteiger partial charge in [0.25, 0.3) is 5.24 Å². The summed E-state index contributed by atoms with van der Waals surface area (Å²) in [6.45, 7) is 7.11. The number of benzene rings is 11. The van der Waals surface area contributed by atoms with Crippen molar-refractivity contribution in [2.75, 3.05) is 0 Å². The molecule has 0 unspecified atom stereocenters. The Balaban J connectivity index is 0.000000196. The minimum Gasteiger partial charge on any atom is -0.276 e. The van der Waals surface area contributed by atoms with Crippen molar-refractivity contribution in [2.24, 2.45) is 0 Å². The van der Waals surface area contributed by atoms with Crippen molar-refractivity contribution < 1.29 is 4.79 Å². The van der Waals surface area contributed by atoms with Gasteiger partial charge in [-0.05, 0) is 133 Å². The van der Waals surface area contributed by atoms with Crippen molar-refractivity contribution >= 4 is 57.3 Å². The monoisotopic (exact) mass is 1110 g/mol. The molecule has 5 nitrogen and oxygen atoms in total. The topological polar surface area (TPSA) is 60.1 Å². The van der Waals surface area contributed by atoms with Gasteiger partial charge >= 0.3 is 0 Å². The third-order valence-electron chi connectivity index (χ3n) is 13.0. The molecular weight excluding hydrogens is 1070 g/mol. The van der Waals surface area contributed by atoms with Crippen LogP contribution in [0.1, 0.15) is 10.4 Å². The first kappa shape index (κ1) is 54.1. The third kappa shape index (κ3) is 13.9. The Morgan fingerprint density at radius 1 is 0.287 bits per heavy atom. The van der Waals surface area contributed by atoms with E-state index in [4.69, 9.17) is 67.9 Å². The van der Waals surface area contributed by atoms with Gasteiger partial charge in [0.15, 0.2) is 23.2 Å². The van der Waals surface area contributed by atoms with Crippen LogP contribution in [-0.4, -0.2) is 20.2 Å². The van der Waals surface area contributed by atoms with E-state index in [2.05, 4.69) is 126 Å². The molecule has 0 bridgehead atoms. The fraction of sp³-hybridized carbons (Fsp3) is 0. The van der Waals surface area contributed by atoms with E-state index in [1.165, 1.54) is 22.3 Å². The highest BCUT2D eigenvalue weighted by Crippen LogP contribution is 2.36. The van der Waals surface area contributed by atoms with E-state index in [1.54, 1.807) is 30.3 Å². The average molecular weight is 1110 g/mol. The Kier molecular flexibility index (Phi) is 17.5. The molecule has 0 radical (unpaired) electrons. The number of aromatic nitrogens is 3. The predicted molar refractivity (Wildman–Crippen MR) is 333 cm³/mol. The van der Waals surface area contributed by atoms with Crippen LogP contribution in [0.15, 0.2) is 279 Å². The number of carbonyl (C=O) groups is 1. The van der Waals surface area contributed by atoms with E-state index < -0.39 is 5.24 Å². The molecule has 80 heavy (non-hydrogen) atoms. The molecule has 0 saturated carbocycles. The Morgan fingerprint density at radius 3 is 0.850 bits per heavy atom. The van der Waals surface area contributed by atoms with Crippen molar-refractivity contribution in [3.63, 3.8) is 0 Å². The highest BCUT2D eigenvalue weighted by atomic mass is 35.5. The number of nitrogens with zero attached hydrogens (tertiary/aromatic N) is 4. The summed E-state index contributed by atoms with van der Waals surface area (Å²) in [5, 5.41) is 1.37. The molecule has 0 aliphatic rings. The summed E-state index contributed by atoms with van der Waals surface area (Å²) in [5.74, 6) is 1.60. The molecule has 384 valence electrons. The largest absolute Gasteiger partial charge is 0.276 e. The fourth-order valence-corrected chi connectivity index (χ4v) is 9.78. The average Bonchev–Trinajstić information content (AvgIpc) is 3.55. The van der Waals surface area contributed by atoms with Crippen LogP contribution in [-0.2, 0) is 0 Å². The molecule has 0 saturated heterocycles. The van der Waals surface area contributed by atoms with Crippen molar-refractivity contribution in [3.05, 3.63) is 311 Å². The maximum absolute atomic E-state index is 10.4. The minimum atomic E-state index is -0.407. The van der Waals surface area contributed by atoms with Gasteiger partial charge in [0, 0.05) is 37.3 Å². The molecule has 0 amide bonds. The number of rotatable bonds is 10. The van der Waals surface area contributed by atoms with Gasteiger partial charge in [0.2, 0.25) is 0 Å². The third-order valence-corrected chi connectivity index (χ3v) is 13.8. The zero-order valence-electron chi connectivity index (χ0n) is 42.8. The van der Waals surface area contributed by atoms with Gasteiger partial charge in [-0.3, -0.25) is 4.79 Å². The summed E-state index contributed by atoms with van der Waals surface area (Å²) >= 11 is 24.7. The molecule has 12 aromatic rings. The zero-order chi connectivity index (χ0) is 55.2. The first-order valence-corrected chi connectivity index (χ1v) is 27.0. The SMILES string of the molecule is Clc1cc(-c2ccc(-c3ccccc3)cc2)cc(-c2nc(-c3ccccc3)nc(-c3cc(Cl)cc(-c4ccc(-c5ccccc5)cc4)c3)n2)c1.O=C(Cl)c1ccccc1.[C-]#[N+]c1cc(Cl)cc(-c2ccc(-c3ccccc3)cc2)c1. The molecule has 0 N–H and O–H groups in total. The molecule has 0 aliphatic carbocycles. The van der Waals surface area contributed by atoms with Gasteiger partial charge in [-0.25, -0.2) is 19.8 Å². The van der Waals surface area contributed by atoms with Crippen LogP contribution in [0.5, 0.6) is 0 Å². The van der Waals surface area contributed by atoms with E-state index in [-0.39, 0.29) is 0 Å². The number of hydrogen-bond donors (Lipinski definition) is 0. The second-order valence-corrected chi connectivity index (χ2v) is 20.1. The van der Waals surface area contributed by atoms with Gasteiger partial charge in [-0.2, -0.15) is 0 Å². The standard InChI is InChI=1S/C45H29Cl2N3.C19H12ClN.C7H5ClO/c46-41-26-37(34-20-16-32(17-21-34)30-10-4-1-5-11-30)24-39(28-41)44-48-43(36-14-8-3-9-15-36)49-45(50-44)40-25-38(27-42(47)29-40)35-22-18-33(19-23-35)31-12-6-2-7-13-31;1-21-19-12-17(11-18(20)13-19)16-9-7-15(8-10-16)14-5-3-2-4-6-14;8-7(9)6-4-2-1-3-5-6/h1-29H;2-13H;1-5H. The van der Waals surface area contributed by atoms with E-state index in [1.807, 2.05) is 127 Å². The molecule has 9 heteroatoms. The Labute approximate surface area is 485 Å². The summed E-state index contributed by atoms with van der Waals surface area (Å²) in [4.78, 5) is 28.8. The van der Waals surface area contributed by atoms with Crippen molar-refractivity contribution in [1.29, 1.82) is 0 Å². The van der Waals surface area contributed by atoms with Crippen molar-refractivity contribution in [2.45, 2.75) is 0 Å². The molecule has 0 fully saturated rings. The first-order chi connectivity index (χ1) is 39.1. The lowest BCUT2D eigenvalue weighted by Crippen LogP contribution is -2.00. The smallest absolute Gasteiger partial charge is 0.252 e. The summed E-state index contributed by atoms with van der Waals surface area (Å²) in [5.41, 5.74) is 16.6. The number of hydrogen-bond acceptors (Lipinski definition) is 4. The van der Waals surface area contributed by atoms with Crippen molar-refractivity contribution in [1.82, 2.24) is 15.0 Å². The molecule has 0 atom stereocenters. The van der Waals surface area contributed by atoms with Gasteiger partial charge < -0.3 is 0 Å². The van der Waals surface area contributed by atoms with Gasteiger partial charge in [-0.1, -0.05) is 259 Å². The van der Waals surface area contributed by atoms with Gasteiger partial charge in [-0.15, -0.1) is 0 Å². The lowest BCUT2D eigenvalue weighted by atomic mass is 9.98. The Morgan fingerprint density at radius 2 is 0.537 bits per heavy atom. The van der Waals surface area contributed by atoms with Crippen LogP contribution < -0.4 is 0 Å². The fourth-order valence-electron chi connectivity index (χ4n) is 8.95. The minimum absolute atomic E-state index is 0.407. The van der Waals surface area contributed by atoms with E-state index >= 15 is 0 Å². The van der Waals surface area contributed by atoms with Gasteiger partial charge in [0.05, 0.1) is 6.57 Å². The summed E-state index contributed by atoms with van der Waals surface area (Å²) in [6.07, 6.45) is 0. The number of carbonyl (C=O) groups excluding carboxylic acids is 1. The van der Waals surface area contributed by atoms with Crippen LogP contribution in [0, 0.1) is 6.57 Å². The van der Waals surface area contributed by atoms with Crippen LogP contribution in [0.3, 0.4) is 0 Å². The van der Waals surface area contributed by atoms with Crippen LogP contribution in [0.4, 0.5) is 5.69 Å². The predicted octanol–water partition coefficient (Wildman–Crippen LogP) is 21.1. The molecular formula is C71H46Cl4N4O. The van der Waals surface area contributed by atoms with Crippen LogP contribution in [0.2, 0.25) is 15.1 Å². The van der Waals surface area contributed by atoms with Crippen molar-refractivity contribution in [3.8, 4) is 101 Å². The molecule has 1 heterocycles. The number of halogens is 4. The quantitative estimate of drug-likeness (QED) is 0.101. The summed E-state index contributed by atoms with van der Waals surface area (Å²) < 4.78 is 0. The van der Waals surface area contributed by atoms with Crippen LogP contribution >= 0.6 is 46.4 Å². The van der Waals surface area contributed by atoms with E-state index in [0.717, 1.165) is 61.2 Å². The molecule has 1 aromatic heterocycles. The highest BCUT2D eigenvalue weighted by Gasteiger charge is 2.16. The van der Waals surface area contributed by atoms with Gasteiger partial charge in [0.1, 0.15) is 0 Å². The Hall–Kier alpha value is -9.25. The summed E-state index contributed by atoms with van der Waals surface area (Å²) in [6, 6.07) is 92.2. The maximum Gasteiger partial charge on any atom is 0.252 e. The molecule has 11 aromatic carbocycles. The van der Waals surface area contributed by atoms with Crippen LogP contribution in [0.25, 0.3) is 106 Å². The lowest BCUT2D eigenvalue weighted by molar-refractivity contribution is 0.108. The lowest BCUT2D eigenvalue weighted by Gasteiger charge is -2.12. The molecule has 12 rings (SSSR count). The maximum atomic E-state index is 10.4. The first-order valence-electron chi connectivity index (χ1n) is 25.5. The second kappa shape index (κ2) is 25.9. The highest BCUT2D eigenvalue weighted by molar-refractivity contribution is 6.67. The Bertz CT molecular complexity index is 3940. The van der Waals surface area contributed by atoms with E-state index in [0.29, 0.717) is 43.8 Å². The molecule has 0 aliphatic heterocycles.